The van der Waals surface area contributed by atoms with Crippen molar-refractivity contribution in [3.05, 3.63) is 30.1 Å². The summed E-state index contributed by atoms with van der Waals surface area (Å²) >= 11 is 0. The second-order valence-electron chi connectivity index (χ2n) is 5.56. The quantitative estimate of drug-likeness (QED) is 0.818. The first-order valence-electron chi connectivity index (χ1n) is 7.08. The lowest BCUT2D eigenvalue weighted by molar-refractivity contribution is -0.131. The van der Waals surface area contributed by atoms with Crippen molar-refractivity contribution < 1.29 is 9.53 Å². The Morgan fingerprint density at radius 1 is 1.26 bits per heavy atom. The lowest BCUT2D eigenvalue weighted by Gasteiger charge is -2.26. The van der Waals surface area contributed by atoms with Gasteiger partial charge < -0.3 is 9.64 Å². The van der Waals surface area contributed by atoms with E-state index in [0.29, 0.717) is 13.0 Å². The Morgan fingerprint density at radius 2 is 2.11 bits per heavy atom. The van der Waals surface area contributed by atoms with E-state index in [4.69, 9.17) is 4.74 Å². The summed E-state index contributed by atoms with van der Waals surface area (Å²) in [6, 6.07) is 3.94. The zero-order valence-electron chi connectivity index (χ0n) is 11.2. The molecule has 2 fully saturated rings. The largest absolute Gasteiger partial charge is 0.375 e. The number of nitrogens with zero attached hydrogens (tertiary/aromatic N) is 2. The van der Waals surface area contributed by atoms with Crippen molar-refractivity contribution in [1.82, 2.24) is 9.88 Å². The third kappa shape index (κ3) is 2.78. The SMILES string of the molecule is O=C1CCC2(CCCO2)CCN1Cc1ccncc1. The van der Waals surface area contributed by atoms with Crippen molar-refractivity contribution >= 4 is 5.91 Å². The van der Waals surface area contributed by atoms with Crippen LogP contribution in [0.15, 0.2) is 24.5 Å². The Bertz CT molecular complexity index is 441. The molecule has 19 heavy (non-hydrogen) atoms. The van der Waals surface area contributed by atoms with Crippen molar-refractivity contribution in [3.63, 3.8) is 0 Å². The summed E-state index contributed by atoms with van der Waals surface area (Å²) in [5.74, 6) is 0.254. The molecular weight excluding hydrogens is 240 g/mol. The molecule has 4 heteroatoms. The van der Waals surface area contributed by atoms with Crippen LogP contribution in [0.1, 0.15) is 37.7 Å². The monoisotopic (exact) mass is 260 g/mol. The van der Waals surface area contributed by atoms with Gasteiger partial charge in [-0.1, -0.05) is 0 Å². The fourth-order valence-electron chi connectivity index (χ4n) is 3.11. The van der Waals surface area contributed by atoms with Gasteiger partial charge in [0.2, 0.25) is 5.91 Å². The molecule has 0 bridgehead atoms. The Hall–Kier alpha value is -1.42. The molecule has 3 rings (SSSR count). The minimum Gasteiger partial charge on any atom is -0.375 e. The van der Waals surface area contributed by atoms with Gasteiger partial charge in [0.25, 0.3) is 0 Å². The predicted octanol–water partition coefficient (Wildman–Crippen LogP) is 2.14. The highest BCUT2D eigenvalue weighted by molar-refractivity contribution is 5.76. The third-order valence-electron chi connectivity index (χ3n) is 4.29. The number of carbonyl (C=O) groups excluding carboxylic acids is 1. The molecule has 2 aliphatic rings. The fourth-order valence-corrected chi connectivity index (χ4v) is 3.11. The summed E-state index contributed by atoms with van der Waals surface area (Å²) in [6.07, 6.45) is 8.29. The number of ether oxygens (including phenoxy) is 1. The molecule has 1 atom stereocenters. The van der Waals surface area contributed by atoms with E-state index < -0.39 is 0 Å². The van der Waals surface area contributed by atoms with Crippen molar-refractivity contribution in [3.8, 4) is 0 Å². The number of hydrogen-bond acceptors (Lipinski definition) is 3. The van der Waals surface area contributed by atoms with Crippen molar-refractivity contribution in [2.75, 3.05) is 13.2 Å². The first-order valence-corrected chi connectivity index (χ1v) is 7.08. The molecule has 0 aliphatic carbocycles. The van der Waals surface area contributed by atoms with Crippen LogP contribution in [0.2, 0.25) is 0 Å². The minimum absolute atomic E-state index is 0.0113. The van der Waals surface area contributed by atoms with Crippen LogP contribution in [-0.2, 0) is 16.1 Å². The van der Waals surface area contributed by atoms with Crippen LogP contribution in [0.25, 0.3) is 0 Å². The standard InChI is InChI=1S/C15H20N2O2/c18-14-2-6-15(5-1-11-19-15)7-10-17(14)12-13-3-8-16-9-4-13/h3-4,8-9H,1-2,5-7,10-12H2. The first-order chi connectivity index (χ1) is 9.27. The molecule has 4 nitrogen and oxygen atoms in total. The molecule has 1 amide bonds. The molecule has 1 spiro atoms. The molecule has 3 heterocycles. The first kappa shape index (κ1) is 12.6. The Kier molecular flexibility index (Phi) is 3.51. The average molecular weight is 260 g/mol. The molecule has 2 aliphatic heterocycles. The van der Waals surface area contributed by atoms with Crippen LogP contribution in [-0.4, -0.2) is 34.5 Å². The maximum Gasteiger partial charge on any atom is 0.222 e. The van der Waals surface area contributed by atoms with Gasteiger partial charge in [-0.25, -0.2) is 0 Å². The Morgan fingerprint density at radius 3 is 2.84 bits per heavy atom. The van der Waals surface area contributed by atoms with E-state index in [1.807, 2.05) is 17.0 Å². The molecule has 1 unspecified atom stereocenters. The lowest BCUT2D eigenvalue weighted by atomic mass is 9.92. The number of carbonyl (C=O) groups is 1. The molecule has 1 aromatic heterocycles. The molecule has 0 N–H and O–H groups in total. The molecule has 2 saturated heterocycles. The van der Waals surface area contributed by atoms with Crippen LogP contribution in [0.3, 0.4) is 0 Å². The van der Waals surface area contributed by atoms with Gasteiger partial charge in [0, 0.05) is 38.5 Å². The number of amides is 1. The van der Waals surface area contributed by atoms with Gasteiger partial charge in [-0.05, 0) is 43.4 Å². The minimum atomic E-state index is -0.0113. The number of hydrogen-bond donors (Lipinski definition) is 0. The number of pyridine rings is 1. The number of likely N-dealkylation sites (tertiary alicyclic amines) is 1. The summed E-state index contributed by atoms with van der Waals surface area (Å²) in [4.78, 5) is 18.2. The molecule has 102 valence electrons. The van der Waals surface area contributed by atoms with Gasteiger partial charge in [-0.2, -0.15) is 0 Å². The average Bonchev–Trinajstić information content (AvgIpc) is 2.85. The maximum atomic E-state index is 12.2. The highest BCUT2D eigenvalue weighted by Gasteiger charge is 2.38. The summed E-state index contributed by atoms with van der Waals surface area (Å²) in [6.45, 7) is 2.36. The third-order valence-corrected chi connectivity index (χ3v) is 4.29. The van der Waals surface area contributed by atoms with Crippen molar-refractivity contribution in [2.24, 2.45) is 0 Å². The van der Waals surface area contributed by atoms with E-state index in [9.17, 15) is 4.79 Å². The van der Waals surface area contributed by atoms with Gasteiger partial charge in [-0.3, -0.25) is 9.78 Å². The van der Waals surface area contributed by atoms with Crippen molar-refractivity contribution in [1.29, 1.82) is 0 Å². The smallest absolute Gasteiger partial charge is 0.222 e. The van der Waals surface area contributed by atoms with E-state index in [-0.39, 0.29) is 11.5 Å². The normalized spacial score (nSPS) is 27.8. The van der Waals surface area contributed by atoms with Crippen molar-refractivity contribution in [2.45, 2.75) is 44.2 Å². The van der Waals surface area contributed by atoms with E-state index in [0.717, 1.165) is 44.4 Å². The summed E-state index contributed by atoms with van der Waals surface area (Å²) in [5.41, 5.74) is 1.13. The maximum absolute atomic E-state index is 12.2. The highest BCUT2D eigenvalue weighted by Crippen LogP contribution is 2.36. The second kappa shape index (κ2) is 5.29. The molecule has 0 saturated carbocycles. The van der Waals surface area contributed by atoms with Crippen LogP contribution in [0.4, 0.5) is 0 Å². The molecular formula is C15H20N2O2. The molecule has 1 aromatic rings. The summed E-state index contributed by atoms with van der Waals surface area (Å²) < 4.78 is 5.92. The lowest BCUT2D eigenvalue weighted by Crippen LogP contribution is -2.32. The van der Waals surface area contributed by atoms with Gasteiger partial charge in [-0.15, -0.1) is 0 Å². The Labute approximate surface area is 113 Å². The fraction of sp³-hybridized carbons (Fsp3) is 0.600. The summed E-state index contributed by atoms with van der Waals surface area (Å²) in [5, 5.41) is 0. The van der Waals surface area contributed by atoms with E-state index in [2.05, 4.69) is 4.98 Å². The van der Waals surface area contributed by atoms with Crippen LogP contribution in [0.5, 0.6) is 0 Å². The second-order valence-corrected chi connectivity index (χ2v) is 5.56. The van der Waals surface area contributed by atoms with E-state index in [1.54, 1.807) is 12.4 Å². The van der Waals surface area contributed by atoms with Crippen LogP contribution < -0.4 is 0 Å². The number of rotatable bonds is 2. The van der Waals surface area contributed by atoms with Gasteiger partial charge in [0.15, 0.2) is 0 Å². The van der Waals surface area contributed by atoms with Crippen LogP contribution >= 0.6 is 0 Å². The zero-order valence-corrected chi connectivity index (χ0v) is 11.2. The van der Waals surface area contributed by atoms with E-state index >= 15 is 0 Å². The topological polar surface area (TPSA) is 42.4 Å². The van der Waals surface area contributed by atoms with Gasteiger partial charge in [0.05, 0.1) is 5.60 Å². The summed E-state index contributed by atoms with van der Waals surface area (Å²) in [7, 11) is 0. The molecule has 0 aromatic carbocycles. The van der Waals surface area contributed by atoms with E-state index in [1.165, 1.54) is 0 Å². The van der Waals surface area contributed by atoms with Gasteiger partial charge in [0.1, 0.15) is 0 Å². The Balaban J connectivity index is 1.67. The predicted molar refractivity (Wildman–Crippen MR) is 71.4 cm³/mol. The number of aromatic nitrogens is 1. The molecule has 0 radical (unpaired) electrons. The zero-order chi connectivity index (χ0) is 13.1. The van der Waals surface area contributed by atoms with Gasteiger partial charge >= 0.3 is 0 Å². The highest BCUT2D eigenvalue weighted by atomic mass is 16.5. The van der Waals surface area contributed by atoms with Crippen LogP contribution in [0, 0.1) is 0 Å².